The van der Waals surface area contributed by atoms with Crippen molar-refractivity contribution in [1.29, 1.82) is 10.5 Å². The Kier molecular flexibility index (Phi) is 10.5. The largest absolute Gasteiger partial charge is 0.483 e. The van der Waals surface area contributed by atoms with Gasteiger partial charge in [0.25, 0.3) is 0 Å². The Hall–Kier alpha value is -4.85. The normalized spacial score (nSPS) is 21.9. The summed E-state index contributed by atoms with van der Waals surface area (Å²) >= 11 is 0. The lowest BCUT2D eigenvalue weighted by atomic mass is 10.0. The molecule has 0 bridgehead atoms. The molecule has 3 aliphatic rings. The zero-order valence-corrected chi connectivity index (χ0v) is 26.5. The number of nitrogens with one attached hydrogen (secondary N) is 1. The van der Waals surface area contributed by atoms with Crippen LogP contribution in [-0.2, 0) is 9.53 Å². The fourth-order valence-corrected chi connectivity index (χ4v) is 5.95. The molecular weight excluding hydrogens is 606 g/mol. The molecule has 3 heterocycles. The quantitative estimate of drug-likeness (QED) is 0.314. The number of piperazine rings is 1. The predicted molar refractivity (Wildman–Crippen MR) is 175 cm³/mol. The lowest BCUT2D eigenvalue weighted by molar-refractivity contribution is -0.159. The summed E-state index contributed by atoms with van der Waals surface area (Å²) in [6.07, 6.45) is -0.603. The Morgan fingerprint density at radius 3 is 2.57 bits per heavy atom. The summed E-state index contributed by atoms with van der Waals surface area (Å²) in [6.45, 7) is 11.7. The summed E-state index contributed by atoms with van der Waals surface area (Å²) in [5.41, 5.74) is 2.43. The van der Waals surface area contributed by atoms with Gasteiger partial charge in [-0.15, -0.1) is 0 Å². The highest BCUT2D eigenvalue weighted by atomic mass is 19.3. The van der Waals surface area contributed by atoms with Crippen LogP contribution in [0.15, 0.2) is 64.8 Å². The fraction of sp³-hybridized carbons (Fsp3) is 0.441. The van der Waals surface area contributed by atoms with E-state index in [0.717, 1.165) is 49.1 Å². The molecule has 1 amide bonds. The highest BCUT2D eigenvalue weighted by Gasteiger charge is 2.47. The summed E-state index contributed by atoms with van der Waals surface area (Å²) in [5, 5.41) is 21.7. The van der Waals surface area contributed by atoms with Crippen LogP contribution >= 0.6 is 0 Å². The Morgan fingerprint density at radius 1 is 1.19 bits per heavy atom. The first-order valence-corrected chi connectivity index (χ1v) is 15.6. The zero-order chi connectivity index (χ0) is 33.6. The van der Waals surface area contributed by atoms with Crippen LogP contribution in [0, 0.1) is 22.7 Å². The Bertz CT molecular complexity index is 1610. The molecule has 3 saturated heterocycles. The number of hydrogen-bond donors (Lipinski definition) is 1. The maximum Gasteiger partial charge on any atom is 0.301 e. The standard InChI is InChI=1S/C34H38F2N8O3/c1-4-39-33(25-5-10-30(26(17-25)18-38)47-31-12-14-43(22-34(31,35)36)32(45)11-13-37)41-24(3)40-27-6-8-28(9-7-27)44-16-15-42(19-23(44)2)29-20-46-21-29/h4-10,17,23,29,31,40H,3,11-12,14-16,19-22H2,1-2H3/b39-4?,41-33-/t23?,31-/m0/s1. The molecule has 2 atom stereocenters. The van der Waals surface area contributed by atoms with E-state index in [9.17, 15) is 18.8 Å². The molecule has 11 nitrogen and oxygen atoms in total. The van der Waals surface area contributed by atoms with E-state index >= 15 is 0 Å². The fourth-order valence-electron chi connectivity index (χ4n) is 5.95. The molecule has 3 fully saturated rings. The van der Waals surface area contributed by atoms with Crippen LogP contribution < -0.4 is 15.0 Å². The van der Waals surface area contributed by atoms with Gasteiger partial charge in [-0.2, -0.15) is 10.5 Å². The Labute approximate surface area is 273 Å². The molecular formula is C34H38F2N8O3. The molecule has 0 spiro atoms. The molecule has 13 heteroatoms. The number of anilines is 2. The molecule has 47 heavy (non-hydrogen) atoms. The number of rotatable bonds is 9. The van der Waals surface area contributed by atoms with Crippen LogP contribution in [0.2, 0.25) is 0 Å². The third-order valence-corrected chi connectivity index (χ3v) is 8.52. The number of carbonyl (C=O) groups excluding carboxylic acids is 1. The third-order valence-electron chi connectivity index (χ3n) is 8.52. The molecule has 3 aliphatic heterocycles. The van der Waals surface area contributed by atoms with Gasteiger partial charge >= 0.3 is 5.92 Å². The van der Waals surface area contributed by atoms with E-state index in [4.69, 9.17) is 14.7 Å². The van der Waals surface area contributed by atoms with Crippen molar-refractivity contribution < 1.29 is 23.0 Å². The smallest absolute Gasteiger partial charge is 0.301 e. The van der Waals surface area contributed by atoms with Gasteiger partial charge in [0, 0.05) is 61.8 Å². The molecule has 2 aromatic rings. The van der Waals surface area contributed by atoms with Crippen molar-refractivity contribution in [3.63, 3.8) is 0 Å². The molecule has 246 valence electrons. The summed E-state index contributed by atoms with van der Waals surface area (Å²) in [4.78, 5) is 26.7. The lowest BCUT2D eigenvalue weighted by Crippen LogP contribution is -2.59. The van der Waals surface area contributed by atoms with E-state index in [0.29, 0.717) is 23.5 Å². The van der Waals surface area contributed by atoms with Crippen LogP contribution in [0.1, 0.15) is 37.8 Å². The van der Waals surface area contributed by atoms with Crippen molar-refractivity contribution in [2.75, 3.05) is 56.2 Å². The number of nitrogens with zero attached hydrogens (tertiary/aromatic N) is 7. The number of halogens is 2. The SMILES string of the molecule is C=C(/N=C(\N=CC)c1ccc(O[C@H]2CCN(C(=O)CC#N)CC2(F)F)c(C#N)c1)Nc1ccc(N2CCN(C3COC3)CC2C)cc1. The van der Waals surface area contributed by atoms with Gasteiger partial charge in [0.1, 0.15) is 24.1 Å². The minimum absolute atomic E-state index is 0.0117. The number of benzene rings is 2. The number of alkyl halides is 2. The first-order valence-electron chi connectivity index (χ1n) is 15.6. The van der Waals surface area contributed by atoms with Crippen LogP contribution in [0.25, 0.3) is 0 Å². The second-order valence-electron chi connectivity index (χ2n) is 11.8. The van der Waals surface area contributed by atoms with Crippen LogP contribution in [-0.4, -0.2) is 97.8 Å². The number of amides is 1. The van der Waals surface area contributed by atoms with E-state index in [-0.39, 0.29) is 30.1 Å². The minimum Gasteiger partial charge on any atom is -0.483 e. The van der Waals surface area contributed by atoms with Gasteiger partial charge in [-0.3, -0.25) is 9.69 Å². The second kappa shape index (κ2) is 14.7. The molecule has 1 N–H and O–H groups in total. The average molecular weight is 645 g/mol. The van der Waals surface area contributed by atoms with Gasteiger partial charge in [0.15, 0.2) is 11.9 Å². The molecule has 0 aromatic heterocycles. The van der Waals surface area contributed by atoms with Crippen LogP contribution in [0.4, 0.5) is 20.2 Å². The van der Waals surface area contributed by atoms with Gasteiger partial charge in [-0.1, -0.05) is 6.58 Å². The number of piperidine rings is 1. The highest BCUT2D eigenvalue weighted by molar-refractivity contribution is 6.03. The van der Waals surface area contributed by atoms with E-state index in [1.807, 2.05) is 18.2 Å². The molecule has 0 aliphatic carbocycles. The van der Waals surface area contributed by atoms with Crippen molar-refractivity contribution in [2.24, 2.45) is 9.98 Å². The highest BCUT2D eigenvalue weighted by Crippen LogP contribution is 2.33. The zero-order valence-electron chi connectivity index (χ0n) is 26.5. The van der Waals surface area contributed by atoms with E-state index in [2.05, 4.69) is 50.7 Å². The van der Waals surface area contributed by atoms with Gasteiger partial charge in [-0.25, -0.2) is 18.8 Å². The number of ether oxygens (including phenoxy) is 2. The first-order chi connectivity index (χ1) is 22.6. The number of likely N-dealkylation sites (tertiary alicyclic amines) is 1. The third kappa shape index (κ3) is 7.94. The van der Waals surface area contributed by atoms with Gasteiger partial charge < -0.3 is 24.6 Å². The Morgan fingerprint density at radius 2 is 1.96 bits per heavy atom. The van der Waals surface area contributed by atoms with Crippen LogP contribution in [0.5, 0.6) is 5.75 Å². The maximum absolute atomic E-state index is 14.9. The van der Waals surface area contributed by atoms with Crippen molar-refractivity contribution in [1.82, 2.24) is 9.80 Å². The van der Waals surface area contributed by atoms with Gasteiger partial charge in [0.05, 0.1) is 37.4 Å². The topological polar surface area (TPSA) is 130 Å². The molecule has 1 unspecified atom stereocenters. The summed E-state index contributed by atoms with van der Waals surface area (Å²) < 4.78 is 40.8. The van der Waals surface area contributed by atoms with E-state index < -0.39 is 30.9 Å². The summed E-state index contributed by atoms with van der Waals surface area (Å²) in [6, 6.07) is 17.2. The maximum atomic E-state index is 14.9. The number of nitriles is 2. The van der Waals surface area contributed by atoms with E-state index in [1.165, 1.54) is 12.1 Å². The van der Waals surface area contributed by atoms with Crippen molar-refractivity contribution in [3.05, 3.63) is 66.0 Å². The minimum atomic E-state index is -3.37. The molecule has 0 radical (unpaired) electrons. The van der Waals surface area contributed by atoms with Crippen molar-refractivity contribution in [2.45, 2.75) is 50.8 Å². The van der Waals surface area contributed by atoms with Gasteiger partial charge in [0.2, 0.25) is 5.91 Å². The Balaban J connectivity index is 1.23. The average Bonchev–Trinajstić information content (AvgIpc) is 3.01. The summed E-state index contributed by atoms with van der Waals surface area (Å²) in [5.74, 6) is -3.44. The predicted octanol–water partition coefficient (Wildman–Crippen LogP) is 4.42. The number of hydrogen-bond acceptors (Lipinski definition) is 9. The molecule has 5 rings (SSSR count). The summed E-state index contributed by atoms with van der Waals surface area (Å²) in [7, 11) is 0. The number of carbonyl (C=O) groups is 1. The molecule has 0 saturated carbocycles. The molecule has 2 aromatic carbocycles. The second-order valence-corrected chi connectivity index (χ2v) is 11.8. The van der Waals surface area contributed by atoms with Crippen molar-refractivity contribution in [3.8, 4) is 17.9 Å². The van der Waals surface area contributed by atoms with Crippen LogP contribution in [0.3, 0.4) is 0 Å². The lowest BCUT2D eigenvalue weighted by Gasteiger charge is -2.46. The van der Waals surface area contributed by atoms with Gasteiger partial charge in [-0.05, 0) is 56.3 Å². The number of aliphatic imine (C=N–C) groups is 2. The van der Waals surface area contributed by atoms with Crippen molar-refractivity contribution >= 4 is 29.3 Å². The number of amidine groups is 1. The monoisotopic (exact) mass is 644 g/mol. The van der Waals surface area contributed by atoms with E-state index in [1.54, 1.807) is 25.3 Å². The first kappa shape index (κ1) is 33.5.